The zero-order valence-electron chi connectivity index (χ0n) is 37.3. The van der Waals surface area contributed by atoms with Gasteiger partial charge in [-0.2, -0.15) is 0 Å². The highest BCUT2D eigenvalue weighted by molar-refractivity contribution is 7.22. The van der Waals surface area contributed by atoms with E-state index in [-0.39, 0.29) is 11.8 Å². The molecule has 0 aliphatic carbocycles. The Morgan fingerprint density at radius 3 is 1.29 bits per heavy atom. The van der Waals surface area contributed by atoms with Crippen molar-refractivity contribution in [2.24, 2.45) is 0 Å². The van der Waals surface area contributed by atoms with Crippen molar-refractivity contribution >= 4 is 76.6 Å². The zero-order chi connectivity index (χ0) is 47.0. The molecule has 2 aliphatic heterocycles. The molecule has 0 saturated carbocycles. The number of fused-ring (bicyclic) bond motifs is 2. The van der Waals surface area contributed by atoms with E-state index in [0.717, 1.165) is 53.5 Å². The molecule has 0 bridgehead atoms. The van der Waals surface area contributed by atoms with Gasteiger partial charge in [0.2, 0.25) is 11.8 Å². The highest BCUT2D eigenvalue weighted by Gasteiger charge is 2.31. The maximum atomic E-state index is 13.4. The summed E-state index contributed by atoms with van der Waals surface area (Å²) >= 11 is 3.21. The van der Waals surface area contributed by atoms with Crippen LogP contribution in [0.3, 0.4) is 0 Å². The lowest BCUT2D eigenvalue weighted by Gasteiger charge is -2.32. The molecular weight excluding hydrogens is 907 g/mol. The first-order chi connectivity index (χ1) is 33.1. The molecule has 2 aliphatic rings. The Morgan fingerprint density at radius 2 is 0.926 bits per heavy atom. The molecule has 2 fully saturated rings. The number of aromatic nitrogens is 6. The number of hydrogen-bond acceptors (Lipinski definition) is 14. The Balaban J connectivity index is 0.000000170. The van der Waals surface area contributed by atoms with Crippen molar-refractivity contribution in [3.63, 3.8) is 0 Å². The molecule has 68 heavy (non-hydrogen) atoms. The molecule has 348 valence electrons. The number of halogens is 2. The number of piperidine rings is 2. The van der Waals surface area contributed by atoms with E-state index >= 15 is 0 Å². The summed E-state index contributed by atoms with van der Waals surface area (Å²) in [5.41, 5.74) is 5.29. The van der Waals surface area contributed by atoms with Gasteiger partial charge in [0.15, 0.2) is 22.6 Å². The minimum atomic E-state index is -1.47. The topological polar surface area (TPSA) is 160 Å². The maximum absolute atomic E-state index is 13.4. The molecule has 2 N–H and O–H groups in total. The first kappa shape index (κ1) is 46.0. The highest BCUT2D eigenvalue weighted by atomic mass is 32.1. The largest absolute Gasteiger partial charge is 0.437 e. The summed E-state index contributed by atoms with van der Waals surface area (Å²) < 4.78 is 41.1. The van der Waals surface area contributed by atoms with Gasteiger partial charge in [-0.3, -0.25) is 19.6 Å². The average Bonchev–Trinajstić information content (AvgIpc) is 3.98. The number of hydrogen-bond donors (Lipinski definition) is 2. The summed E-state index contributed by atoms with van der Waals surface area (Å²) in [5, 5.41) is 8.33. The van der Waals surface area contributed by atoms with E-state index in [4.69, 9.17) is 9.47 Å². The van der Waals surface area contributed by atoms with Gasteiger partial charge in [0.05, 0.1) is 20.4 Å². The van der Waals surface area contributed by atoms with Crippen molar-refractivity contribution in [2.75, 3.05) is 36.8 Å². The van der Waals surface area contributed by atoms with E-state index in [1.165, 1.54) is 13.8 Å². The van der Waals surface area contributed by atoms with Crippen LogP contribution in [0.5, 0.6) is 23.3 Å². The molecule has 4 aromatic heterocycles. The Morgan fingerprint density at radius 1 is 0.559 bits per heavy atom. The van der Waals surface area contributed by atoms with E-state index in [9.17, 15) is 18.4 Å². The number of carbonyl (C=O) groups is 2. The van der Waals surface area contributed by atoms with Crippen LogP contribution in [-0.4, -0.2) is 90.0 Å². The van der Waals surface area contributed by atoms with Crippen LogP contribution < -0.4 is 20.1 Å². The van der Waals surface area contributed by atoms with Crippen LogP contribution in [0.1, 0.15) is 62.8 Å². The number of benzene rings is 4. The lowest BCUT2D eigenvalue weighted by Crippen LogP contribution is -2.41. The fourth-order valence-electron chi connectivity index (χ4n) is 8.17. The van der Waals surface area contributed by atoms with Crippen molar-refractivity contribution in [2.45, 2.75) is 63.7 Å². The number of rotatable bonds is 12. The third-order valence-corrected chi connectivity index (χ3v) is 13.6. The molecule has 0 radical (unpaired) electrons. The van der Waals surface area contributed by atoms with E-state index < -0.39 is 24.2 Å². The van der Waals surface area contributed by atoms with Gasteiger partial charge < -0.3 is 29.9 Å². The summed E-state index contributed by atoms with van der Waals surface area (Å²) in [5.74, 6) is 1.51. The Labute approximate surface area is 399 Å². The molecule has 6 heterocycles. The van der Waals surface area contributed by atoms with Crippen LogP contribution >= 0.6 is 22.7 Å². The summed E-state index contributed by atoms with van der Waals surface area (Å²) in [7, 11) is 0. The van der Waals surface area contributed by atoms with E-state index in [1.54, 1.807) is 57.3 Å². The Kier molecular flexibility index (Phi) is 14.3. The van der Waals surface area contributed by atoms with Gasteiger partial charge >= 0.3 is 0 Å². The minimum Gasteiger partial charge on any atom is -0.437 e. The standard InChI is InChI=1S/2C25H24FN5O2S/c2*1-16(26)24(32)31-14-10-17(11-15-31)22-23(28-13-12-27-22)33-19-8-6-18(7-9-19)29-25-30-20-4-2-3-5-21(20)34-25/h2*2-9,12-13,16-17H,10-11,14-15H2,1H3,(H,29,30)/t2*16-/m10/s1. The predicted octanol–water partition coefficient (Wildman–Crippen LogP) is 11.4. The van der Waals surface area contributed by atoms with Gasteiger partial charge in [-0.1, -0.05) is 46.9 Å². The lowest BCUT2D eigenvalue weighted by molar-refractivity contribution is -0.137. The third-order valence-electron chi connectivity index (χ3n) is 11.7. The summed E-state index contributed by atoms with van der Waals surface area (Å²) in [6.07, 6.45) is 6.33. The maximum Gasteiger partial charge on any atom is 0.256 e. The van der Waals surface area contributed by atoms with Crippen LogP contribution in [0, 0.1) is 0 Å². The van der Waals surface area contributed by atoms with E-state index in [1.807, 2.05) is 84.9 Å². The lowest BCUT2D eigenvalue weighted by atomic mass is 9.93. The molecule has 18 heteroatoms. The zero-order valence-corrected chi connectivity index (χ0v) is 38.9. The Hall–Kier alpha value is -7.18. The van der Waals surface area contributed by atoms with Crippen LogP contribution in [0.25, 0.3) is 20.4 Å². The molecular formula is C50H48F2N10O4S2. The van der Waals surface area contributed by atoms with Gasteiger partial charge in [0, 0.05) is 74.2 Å². The molecule has 8 aromatic rings. The second-order valence-corrected chi connectivity index (χ2v) is 18.5. The monoisotopic (exact) mass is 954 g/mol. The third kappa shape index (κ3) is 11.1. The number of ether oxygens (including phenoxy) is 2. The van der Waals surface area contributed by atoms with Gasteiger partial charge in [-0.25, -0.2) is 28.7 Å². The predicted molar refractivity (Wildman–Crippen MR) is 261 cm³/mol. The summed E-state index contributed by atoms with van der Waals surface area (Å²) in [4.78, 5) is 54.0. The number of nitrogens with one attached hydrogen (secondary N) is 2. The number of alkyl halides is 2. The summed E-state index contributed by atoms with van der Waals surface area (Å²) in [6.45, 7) is 4.56. The van der Waals surface area contributed by atoms with Crippen LogP contribution in [0.2, 0.25) is 0 Å². The van der Waals surface area contributed by atoms with E-state index in [2.05, 4.69) is 52.7 Å². The number of amides is 2. The first-order valence-corrected chi connectivity index (χ1v) is 24.1. The van der Waals surface area contributed by atoms with Crippen molar-refractivity contribution in [3.05, 3.63) is 133 Å². The van der Waals surface area contributed by atoms with Gasteiger partial charge in [0.25, 0.3) is 11.8 Å². The summed E-state index contributed by atoms with van der Waals surface area (Å²) in [6, 6.07) is 31.3. The smallest absolute Gasteiger partial charge is 0.256 e. The molecule has 10 rings (SSSR count). The van der Waals surface area contributed by atoms with Crippen molar-refractivity contribution in [1.29, 1.82) is 0 Å². The molecule has 14 nitrogen and oxygen atoms in total. The van der Waals surface area contributed by atoms with Gasteiger partial charge in [-0.05, 0) is 112 Å². The minimum absolute atomic E-state index is 0.0997. The molecule has 2 saturated heterocycles. The SMILES string of the molecule is C[C@@H](F)C(=O)N1CCC(c2nccnc2Oc2ccc(Nc3nc4ccccc4s3)cc2)CC1.C[C@H](F)C(=O)N1CCC(c2nccnc2Oc2ccc(Nc3nc4ccccc4s3)cc2)CC1. The van der Waals surface area contributed by atoms with Crippen LogP contribution in [-0.2, 0) is 9.59 Å². The quantitative estimate of drug-likeness (QED) is 0.119. The number of carbonyl (C=O) groups excluding carboxylic acids is 2. The van der Waals surface area contributed by atoms with Crippen LogP contribution in [0.15, 0.2) is 122 Å². The number of para-hydroxylation sites is 2. The van der Waals surface area contributed by atoms with Gasteiger partial charge in [-0.15, -0.1) is 0 Å². The first-order valence-electron chi connectivity index (χ1n) is 22.4. The number of nitrogens with zero attached hydrogens (tertiary/aromatic N) is 8. The van der Waals surface area contributed by atoms with Crippen molar-refractivity contribution in [3.8, 4) is 23.3 Å². The van der Waals surface area contributed by atoms with Crippen molar-refractivity contribution in [1.82, 2.24) is 39.7 Å². The molecule has 2 amide bonds. The normalized spacial score (nSPS) is 15.3. The van der Waals surface area contributed by atoms with E-state index in [0.29, 0.717) is 75.1 Å². The fourth-order valence-corrected chi connectivity index (χ4v) is 9.95. The number of thiazole rings is 2. The molecule has 0 unspecified atom stereocenters. The molecule has 2 atom stereocenters. The van der Waals surface area contributed by atoms with Gasteiger partial charge in [0.1, 0.15) is 22.9 Å². The van der Waals surface area contributed by atoms with Crippen LogP contribution in [0.4, 0.5) is 30.4 Å². The second-order valence-electron chi connectivity index (χ2n) is 16.4. The highest BCUT2D eigenvalue weighted by Crippen LogP contribution is 2.37. The van der Waals surface area contributed by atoms with Crippen molar-refractivity contribution < 1.29 is 27.8 Å². The number of likely N-dealkylation sites (tertiary alicyclic amines) is 2. The molecule has 0 spiro atoms. The molecule has 4 aromatic carbocycles. The second kappa shape index (κ2) is 21.2. The number of anilines is 4. The average molecular weight is 955 g/mol. The Bertz CT molecular complexity index is 2710. The fraction of sp³-hybridized carbons (Fsp3) is 0.280.